The van der Waals surface area contributed by atoms with Crippen molar-refractivity contribution >= 4 is 31.9 Å². The van der Waals surface area contributed by atoms with E-state index in [9.17, 15) is 15.2 Å². The van der Waals surface area contributed by atoms with Crippen LogP contribution in [0.25, 0.3) is 22.4 Å². The van der Waals surface area contributed by atoms with Crippen LogP contribution >= 0.6 is 31.9 Å². The molecular formula is C23H18Br2N2O3. The lowest BCUT2D eigenvalue weighted by Gasteiger charge is -2.16. The zero-order valence-corrected chi connectivity index (χ0v) is 19.1. The number of hydrogen-bond donors (Lipinski definition) is 2. The SMILES string of the molecule is N#Cc1c(-c2cc(OC3CCCC3)ccc2Br)cc(-c2cc(Br)ccc2O)[nH]c1=O. The third-order valence-corrected chi connectivity index (χ3v) is 6.41. The zero-order valence-electron chi connectivity index (χ0n) is 15.9. The monoisotopic (exact) mass is 528 g/mol. The molecule has 4 rings (SSSR count). The highest BCUT2D eigenvalue weighted by molar-refractivity contribution is 9.10. The van der Waals surface area contributed by atoms with Gasteiger partial charge in [0.1, 0.15) is 23.1 Å². The molecule has 0 aliphatic heterocycles. The van der Waals surface area contributed by atoms with Gasteiger partial charge in [-0.3, -0.25) is 4.79 Å². The Morgan fingerprint density at radius 3 is 2.53 bits per heavy atom. The van der Waals surface area contributed by atoms with Crippen molar-refractivity contribution in [1.82, 2.24) is 4.98 Å². The summed E-state index contributed by atoms with van der Waals surface area (Å²) in [5, 5.41) is 19.9. The van der Waals surface area contributed by atoms with Crippen molar-refractivity contribution in [1.29, 1.82) is 5.26 Å². The Kier molecular flexibility index (Phi) is 5.98. The van der Waals surface area contributed by atoms with Gasteiger partial charge in [0.15, 0.2) is 0 Å². The van der Waals surface area contributed by atoms with Crippen LogP contribution in [0.15, 0.2) is 56.2 Å². The number of benzene rings is 2. The van der Waals surface area contributed by atoms with Crippen LogP contribution < -0.4 is 10.3 Å². The van der Waals surface area contributed by atoms with Gasteiger partial charge in [-0.15, -0.1) is 0 Å². The maximum Gasteiger partial charge on any atom is 0.266 e. The third kappa shape index (κ3) is 4.16. The van der Waals surface area contributed by atoms with Gasteiger partial charge in [0.05, 0.1) is 11.8 Å². The van der Waals surface area contributed by atoms with Gasteiger partial charge < -0.3 is 14.8 Å². The first-order valence-corrected chi connectivity index (χ1v) is 11.2. The van der Waals surface area contributed by atoms with E-state index >= 15 is 0 Å². The predicted molar refractivity (Wildman–Crippen MR) is 123 cm³/mol. The summed E-state index contributed by atoms with van der Waals surface area (Å²) >= 11 is 6.93. The first-order chi connectivity index (χ1) is 14.5. The van der Waals surface area contributed by atoms with Gasteiger partial charge in [-0.2, -0.15) is 5.26 Å². The number of hydrogen-bond acceptors (Lipinski definition) is 4. The minimum absolute atomic E-state index is 0.00644. The molecule has 2 aromatic carbocycles. The molecule has 1 heterocycles. The molecule has 7 heteroatoms. The van der Waals surface area contributed by atoms with Crippen molar-refractivity contribution in [3.8, 4) is 40.0 Å². The highest BCUT2D eigenvalue weighted by Crippen LogP contribution is 2.37. The number of pyridine rings is 1. The normalized spacial score (nSPS) is 13.9. The van der Waals surface area contributed by atoms with Gasteiger partial charge in [0.25, 0.3) is 5.56 Å². The summed E-state index contributed by atoms with van der Waals surface area (Å²) in [6.45, 7) is 0. The van der Waals surface area contributed by atoms with Crippen LogP contribution in [0, 0.1) is 11.3 Å². The standard InChI is InChI=1S/C23H18Br2N2O3/c24-13-5-8-22(28)18(9-13)21-11-16(19(12-26)23(29)27-21)17-10-15(6-7-20(17)25)30-14-3-1-2-4-14/h5-11,14,28H,1-4H2,(H,27,29). The molecule has 0 amide bonds. The molecule has 1 aliphatic carbocycles. The molecule has 1 aliphatic rings. The second-order valence-corrected chi connectivity index (χ2v) is 9.01. The minimum Gasteiger partial charge on any atom is -0.507 e. The molecule has 0 spiro atoms. The number of phenolic OH excluding ortho intramolecular Hbond substituents is 1. The van der Waals surface area contributed by atoms with Crippen LogP contribution in [0.2, 0.25) is 0 Å². The third-order valence-electron chi connectivity index (χ3n) is 5.23. The Bertz CT molecular complexity index is 1210. The maximum absolute atomic E-state index is 12.7. The molecule has 0 atom stereocenters. The van der Waals surface area contributed by atoms with Crippen molar-refractivity contribution in [3.63, 3.8) is 0 Å². The Balaban J connectivity index is 1.86. The number of aromatic nitrogens is 1. The van der Waals surface area contributed by atoms with Crippen molar-refractivity contribution in [2.45, 2.75) is 31.8 Å². The van der Waals surface area contributed by atoms with Gasteiger partial charge in [-0.05, 0) is 68.1 Å². The molecular weight excluding hydrogens is 512 g/mol. The van der Waals surface area contributed by atoms with E-state index in [0.29, 0.717) is 28.1 Å². The summed E-state index contributed by atoms with van der Waals surface area (Å²) in [5.74, 6) is 0.734. The Labute approximate surface area is 190 Å². The summed E-state index contributed by atoms with van der Waals surface area (Å²) in [4.78, 5) is 15.4. The molecule has 0 unspecified atom stereocenters. The van der Waals surface area contributed by atoms with Crippen LogP contribution in [0.3, 0.4) is 0 Å². The first kappa shape index (κ1) is 20.7. The number of aromatic hydroxyl groups is 1. The number of H-pyrrole nitrogens is 1. The van der Waals surface area contributed by atoms with Crippen molar-refractivity contribution in [3.05, 3.63) is 67.3 Å². The van der Waals surface area contributed by atoms with Gasteiger partial charge in [-0.1, -0.05) is 31.9 Å². The van der Waals surface area contributed by atoms with E-state index in [0.717, 1.165) is 21.8 Å². The number of nitrogens with one attached hydrogen (secondary N) is 1. The lowest BCUT2D eigenvalue weighted by atomic mass is 9.98. The Morgan fingerprint density at radius 1 is 1.03 bits per heavy atom. The molecule has 1 fully saturated rings. The van der Waals surface area contributed by atoms with Crippen LogP contribution in [0.4, 0.5) is 0 Å². The van der Waals surface area contributed by atoms with Crippen molar-refractivity contribution in [2.75, 3.05) is 0 Å². The molecule has 3 aromatic rings. The zero-order chi connectivity index (χ0) is 21.3. The van der Waals surface area contributed by atoms with Gasteiger partial charge in [0.2, 0.25) is 0 Å². The molecule has 30 heavy (non-hydrogen) atoms. The fraction of sp³-hybridized carbons (Fsp3) is 0.217. The molecule has 0 bridgehead atoms. The van der Waals surface area contributed by atoms with E-state index in [2.05, 4.69) is 36.8 Å². The lowest BCUT2D eigenvalue weighted by molar-refractivity contribution is 0.210. The van der Waals surface area contributed by atoms with E-state index in [-0.39, 0.29) is 17.4 Å². The van der Waals surface area contributed by atoms with Crippen LogP contribution in [-0.4, -0.2) is 16.2 Å². The number of nitrogens with zero attached hydrogens (tertiary/aromatic N) is 1. The van der Waals surface area contributed by atoms with Crippen molar-refractivity contribution < 1.29 is 9.84 Å². The average Bonchev–Trinajstić information content (AvgIpc) is 3.23. The highest BCUT2D eigenvalue weighted by atomic mass is 79.9. The van der Waals surface area contributed by atoms with Gasteiger partial charge in [0, 0.05) is 25.6 Å². The Morgan fingerprint density at radius 2 is 1.80 bits per heavy atom. The van der Waals surface area contributed by atoms with Crippen LogP contribution in [0.5, 0.6) is 11.5 Å². The lowest BCUT2D eigenvalue weighted by Crippen LogP contribution is -2.13. The number of aromatic amines is 1. The number of nitriles is 1. The smallest absolute Gasteiger partial charge is 0.266 e. The second-order valence-electron chi connectivity index (χ2n) is 7.24. The highest BCUT2D eigenvalue weighted by Gasteiger charge is 2.19. The van der Waals surface area contributed by atoms with Gasteiger partial charge >= 0.3 is 0 Å². The molecule has 2 N–H and O–H groups in total. The Hall–Kier alpha value is -2.56. The molecule has 5 nitrogen and oxygen atoms in total. The molecule has 0 saturated heterocycles. The number of ether oxygens (including phenoxy) is 1. The number of halogens is 2. The van der Waals surface area contributed by atoms with Gasteiger partial charge in [-0.25, -0.2) is 0 Å². The predicted octanol–water partition coefficient (Wildman–Crippen LogP) is 6.13. The number of phenols is 1. The van der Waals surface area contributed by atoms with E-state index in [1.165, 1.54) is 12.8 Å². The minimum atomic E-state index is -0.515. The van der Waals surface area contributed by atoms with E-state index < -0.39 is 5.56 Å². The molecule has 0 radical (unpaired) electrons. The summed E-state index contributed by atoms with van der Waals surface area (Å²) in [6, 6.07) is 14.3. The fourth-order valence-electron chi connectivity index (χ4n) is 3.73. The van der Waals surface area contributed by atoms with E-state index in [4.69, 9.17) is 4.74 Å². The van der Waals surface area contributed by atoms with Crippen molar-refractivity contribution in [2.24, 2.45) is 0 Å². The summed E-state index contributed by atoms with van der Waals surface area (Å²) in [6.07, 6.45) is 4.60. The average molecular weight is 530 g/mol. The summed E-state index contributed by atoms with van der Waals surface area (Å²) in [7, 11) is 0. The summed E-state index contributed by atoms with van der Waals surface area (Å²) in [5.41, 5.74) is 1.53. The first-order valence-electron chi connectivity index (χ1n) is 9.59. The fourth-order valence-corrected chi connectivity index (χ4v) is 4.56. The largest absolute Gasteiger partial charge is 0.507 e. The van der Waals surface area contributed by atoms with Crippen LogP contribution in [-0.2, 0) is 0 Å². The van der Waals surface area contributed by atoms with Crippen LogP contribution in [0.1, 0.15) is 31.2 Å². The topological polar surface area (TPSA) is 86.1 Å². The molecule has 152 valence electrons. The number of rotatable bonds is 4. The molecule has 1 saturated carbocycles. The quantitative estimate of drug-likeness (QED) is 0.425. The maximum atomic E-state index is 12.7. The van der Waals surface area contributed by atoms with E-state index in [1.54, 1.807) is 24.3 Å². The second kappa shape index (κ2) is 8.66. The van der Waals surface area contributed by atoms with E-state index in [1.807, 2.05) is 24.3 Å². The molecule has 1 aromatic heterocycles. The summed E-state index contributed by atoms with van der Waals surface area (Å²) < 4.78 is 7.61.